The SMILES string of the molecule is CCC(C)(C)c1ccc(S(=O)(=O)N2CCC(CNC[C@H](O)COc3ccc(OCc4ccccc4)cc3)CC2)cc1. The van der Waals surface area contributed by atoms with E-state index in [1.54, 1.807) is 16.4 Å². The van der Waals surface area contributed by atoms with Crippen LogP contribution in [-0.4, -0.2) is 56.7 Å². The molecule has 4 rings (SSSR count). The summed E-state index contributed by atoms with van der Waals surface area (Å²) in [5.41, 5.74) is 2.28. The molecule has 0 bridgehead atoms. The van der Waals surface area contributed by atoms with Crippen LogP contribution >= 0.6 is 0 Å². The number of hydrogen-bond donors (Lipinski definition) is 2. The Balaban J connectivity index is 1.13. The molecule has 3 aromatic rings. The molecule has 1 aliphatic heterocycles. The fourth-order valence-corrected chi connectivity index (χ4v) is 6.33. The molecule has 1 fully saturated rings. The van der Waals surface area contributed by atoms with E-state index in [4.69, 9.17) is 9.47 Å². The number of piperidine rings is 1. The van der Waals surface area contributed by atoms with Crippen LogP contribution in [0.25, 0.3) is 0 Å². The summed E-state index contributed by atoms with van der Waals surface area (Å²) in [6.45, 7) is 9.33. The number of hydrogen-bond acceptors (Lipinski definition) is 6. The zero-order valence-electron chi connectivity index (χ0n) is 24.5. The van der Waals surface area contributed by atoms with Gasteiger partial charge >= 0.3 is 0 Å². The molecular weight excluding hydrogens is 536 g/mol. The quantitative estimate of drug-likeness (QED) is 0.266. The number of nitrogens with one attached hydrogen (secondary N) is 1. The second kappa shape index (κ2) is 14.3. The third-order valence-corrected chi connectivity index (χ3v) is 9.97. The molecule has 0 aliphatic carbocycles. The monoisotopic (exact) mass is 580 g/mol. The Bertz CT molecular complexity index is 1300. The van der Waals surface area contributed by atoms with Crippen molar-refractivity contribution in [1.29, 1.82) is 0 Å². The third kappa shape index (κ3) is 8.79. The highest BCUT2D eigenvalue weighted by Crippen LogP contribution is 2.29. The molecular formula is C33H44N2O5S. The van der Waals surface area contributed by atoms with Gasteiger partial charge in [-0.15, -0.1) is 0 Å². The largest absolute Gasteiger partial charge is 0.491 e. The molecule has 1 saturated heterocycles. The average molecular weight is 581 g/mol. The molecule has 1 aliphatic rings. The van der Waals surface area contributed by atoms with Gasteiger partial charge in [-0.2, -0.15) is 4.31 Å². The molecule has 1 atom stereocenters. The lowest BCUT2D eigenvalue weighted by molar-refractivity contribution is 0.104. The number of nitrogens with zero attached hydrogens (tertiary/aromatic N) is 1. The summed E-state index contributed by atoms with van der Waals surface area (Å²) >= 11 is 0. The molecule has 3 aromatic carbocycles. The highest BCUT2D eigenvalue weighted by molar-refractivity contribution is 7.89. The summed E-state index contributed by atoms with van der Waals surface area (Å²) in [5.74, 6) is 1.80. The van der Waals surface area contributed by atoms with Crippen molar-refractivity contribution in [2.75, 3.05) is 32.8 Å². The first-order valence-corrected chi connectivity index (χ1v) is 16.0. The van der Waals surface area contributed by atoms with E-state index in [0.29, 0.717) is 42.8 Å². The fraction of sp³-hybridized carbons (Fsp3) is 0.455. The van der Waals surface area contributed by atoms with Gasteiger partial charge in [0.25, 0.3) is 0 Å². The molecule has 0 radical (unpaired) electrons. The number of aliphatic hydroxyl groups excluding tert-OH is 1. The Labute approximate surface area is 245 Å². The van der Waals surface area contributed by atoms with Crippen LogP contribution in [0.15, 0.2) is 83.8 Å². The van der Waals surface area contributed by atoms with Gasteiger partial charge in [0.1, 0.15) is 30.8 Å². The van der Waals surface area contributed by atoms with Gasteiger partial charge in [-0.3, -0.25) is 0 Å². The van der Waals surface area contributed by atoms with Gasteiger partial charge in [-0.05, 0) is 84.7 Å². The Morgan fingerprint density at radius 3 is 2.15 bits per heavy atom. The zero-order chi connectivity index (χ0) is 29.3. The number of aliphatic hydroxyl groups is 1. The first kappa shape index (κ1) is 31.0. The van der Waals surface area contributed by atoms with Crippen molar-refractivity contribution in [2.24, 2.45) is 5.92 Å². The van der Waals surface area contributed by atoms with Crippen LogP contribution in [0.2, 0.25) is 0 Å². The minimum absolute atomic E-state index is 0.0249. The van der Waals surface area contributed by atoms with Crippen LogP contribution in [0.1, 0.15) is 51.2 Å². The molecule has 0 unspecified atom stereocenters. The molecule has 222 valence electrons. The maximum Gasteiger partial charge on any atom is 0.243 e. The highest BCUT2D eigenvalue weighted by atomic mass is 32.2. The van der Waals surface area contributed by atoms with E-state index < -0.39 is 16.1 Å². The standard InChI is InChI=1S/C33H44N2O5S/c1-4-33(2,3)28-10-16-32(17-11-28)41(37,38)35-20-18-26(19-21-35)22-34-23-29(36)25-40-31-14-12-30(13-15-31)39-24-27-8-6-5-7-9-27/h5-17,26,29,34,36H,4,18-25H2,1-3H3/t29-/m0/s1. The van der Waals surface area contributed by atoms with Crippen LogP contribution in [0.3, 0.4) is 0 Å². The third-order valence-electron chi connectivity index (χ3n) is 8.06. The van der Waals surface area contributed by atoms with Crippen molar-refractivity contribution in [3.63, 3.8) is 0 Å². The molecule has 0 saturated carbocycles. The Hall–Kier alpha value is -2.91. The number of ether oxygens (including phenoxy) is 2. The molecule has 0 spiro atoms. The summed E-state index contributed by atoms with van der Waals surface area (Å²) in [7, 11) is -3.49. The molecule has 1 heterocycles. The Kier molecular flexibility index (Phi) is 10.8. The van der Waals surface area contributed by atoms with Crippen molar-refractivity contribution in [3.8, 4) is 11.5 Å². The maximum absolute atomic E-state index is 13.2. The van der Waals surface area contributed by atoms with Gasteiger partial charge < -0.3 is 19.9 Å². The second-order valence-electron chi connectivity index (χ2n) is 11.5. The van der Waals surface area contributed by atoms with E-state index in [1.165, 1.54) is 0 Å². The Morgan fingerprint density at radius 1 is 0.927 bits per heavy atom. The van der Waals surface area contributed by atoms with Crippen LogP contribution < -0.4 is 14.8 Å². The summed E-state index contributed by atoms with van der Waals surface area (Å²) < 4.78 is 39.5. The van der Waals surface area contributed by atoms with Gasteiger partial charge in [0.05, 0.1) is 4.90 Å². The number of rotatable bonds is 14. The maximum atomic E-state index is 13.2. The van der Waals surface area contributed by atoms with E-state index in [0.717, 1.165) is 42.7 Å². The smallest absolute Gasteiger partial charge is 0.243 e. The molecule has 7 nitrogen and oxygen atoms in total. The predicted octanol–water partition coefficient (Wildman–Crippen LogP) is 5.38. The summed E-state index contributed by atoms with van der Waals surface area (Å²) in [4.78, 5) is 0.363. The van der Waals surface area contributed by atoms with Gasteiger partial charge in [-0.1, -0.05) is 63.2 Å². The van der Waals surface area contributed by atoms with Crippen molar-refractivity contribution in [2.45, 2.75) is 63.1 Å². The van der Waals surface area contributed by atoms with E-state index >= 15 is 0 Å². The lowest BCUT2D eigenvalue weighted by atomic mass is 9.82. The fourth-order valence-electron chi connectivity index (χ4n) is 4.86. The van der Waals surface area contributed by atoms with Crippen LogP contribution in [0.5, 0.6) is 11.5 Å². The van der Waals surface area contributed by atoms with E-state index in [1.807, 2.05) is 66.7 Å². The second-order valence-corrected chi connectivity index (χ2v) is 13.4. The van der Waals surface area contributed by atoms with E-state index in [-0.39, 0.29) is 12.0 Å². The number of sulfonamides is 1. The summed E-state index contributed by atoms with van der Waals surface area (Å²) in [6.07, 6.45) is 1.92. The Morgan fingerprint density at radius 2 is 1.54 bits per heavy atom. The van der Waals surface area contributed by atoms with Crippen molar-refractivity contribution < 1.29 is 23.0 Å². The molecule has 0 amide bonds. The molecule has 41 heavy (non-hydrogen) atoms. The topological polar surface area (TPSA) is 88.1 Å². The highest BCUT2D eigenvalue weighted by Gasteiger charge is 2.30. The lowest BCUT2D eigenvalue weighted by Gasteiger charge is -2.31. The first-order valence-electron chi connectivity index (χ1n) is 14.6. The average Bonchev–Trinajstić information content (AvgIpc) is 3.00. The first-order chi connectivity index (χ1) is 19.7. The normalized spacial score (nSPS) is 15.9. The lowest BCUT2D eigenvalue weighted by Crippen LogP contribution is -2.42. The minimum atomic E-state index is -3.49. The van der Waals surface area contributed by atoms with Crippen LogP contribution in [0, 0.1) is 5.92 Å². The van der Waals surface area contributed by atoms with Crippen molar-refractivity contribution >= 4 is 10.0 Å². The van der Waals surface area contributed by atoms with E-state index in [2.05, 4.69) is 26.1 Å². The van der Waals surface area contributed by atoms with E-state index in [9.17, 15) is 13.5 Å². The van der Waals surface area contributed by atoms with Crippen LogP contribution in [0.4, 0.5) is 0 Å². The minimum Gasteiger partial charge on any atom is -0.491 e. The van der Waals surface area contributed by atoms with Gasteiger partial charge in [0.15, 0.2) is 0 Å². The zero-order valence-corrected chi connectivity index (χ0v) is 25.3. The summed E-state index contributed by atoms with van der Waals surface area (Å²) in [5, 5.41) is 13.7. The van der Waals surface area contributed by atoms with Gasteiger partial charge in [0, 0.05) is 19.6 Å². The van der Waals surface area contributed by atoms with Gasteiger partial charge in [-0.25, -0.2) is 8.42 Å². The number of benzene rings is 3. The predicted molar refractivity (Wildman–Crippen MR) is 163 cm³/mol. The van der Waals surface area contributed by atoms with Crippen molar-refractivity contribution in [3.05, 3.63) is 90.0 Å². The van der Waals surface area contributed by atoms with Crippen LogP contribution in [-0.2, 0) is 22.0 Å². The molecule has 2 N–H and O–H groups in total. The van der Waals surface area contributed by atoms with Gasteiger partial charge in [0.2, 0.25) is 10.0 Å². The molecule has 0 aromatic heterocycles. The molecule has 8 heteroatoms. The van der Waals surface area contributed by atoms with Crippen molar-refractivity contribution in [1.82, 2.24) is 9.62 Å². The summed E-state index contributed by atoms with van der Waals surface area (Å²) in [6, 6.07) is 24.8.